The van der Waals surface area contributed by atoms with Crippen molar-refractivity contribution in [3.05, 3.63) is 48.0 Å². The number of fused-ring (bicyclic) bond motifs is 3. The molecule has 0 spiro atoms. The average Bonchev–Trinajstić information content (AvgIpc) is 2.88. The molecule has 1 N–H and O–H groups in total. The summed E-state index contributed by atoms with van der Waals surface area (Å²) >= 11 is 1.67. The maximum Gasteiger partial charge on any atom is 0.256 e. The van der Waals surface area contributed by atoms with Gasteiger partial charge in [0, 0.05) is 16.9 Å². The van der Waals surface area contributed by atoms with Crippen molar-refractivity contribution >= 4 is 23.6 Å². The van der Waals surface area contributed by atoms with Gasteiger partial charge in [-0.25, -0.2) is 0 Å². The zero-order chi connectivity index (χ0) is 15.2. The van der Waals surface area contributed by atoms with Gasteiger partial charge in [-0.05, 0) is 25.5 Å². The molecule has 1 saturated heterocycles. The average molecular weight is 302 g/mol. The van der Waals surface area contributed by atoms with E-state index in [0.717, 1.165) is 5.56 Å². The quantitative estimate of drug-likeness (QED) is 0.872. The van der Waals surface area contributed by atoms with Gasteiger partial charge in [-0.15, -0.1) is 18.3 Å². The van der Waals surface area contributed by atoms with Crippen molar-refractivity contribution in [2.24, 2.45) is 0 Å². The van der Waals surface area contributed by atoms with E-state index >= 15 is 0 Å². The summed E-state index contributed by atoms with van der Waals surface area (Å²) in [7, 11) is 0. The molecule has 2 aliphatic rings. The second-order valence-corrected chi connectivity index (χ2v) is 7.54. The van der Waals surface area contributed by atoms with E-state index in [1.54, 1.807) is 22.7 Å². The van der Waals surface area contributed by atoms with Crippen LogP contribution in [0.15, 0.2) is 36.9 Å². The number of nitrogens with zero attached hydrogens (tertiary/aromatic N) is 1. The Kier molecular flexibility index (Phi) is 3.32. The first-order valence-electron chi connectivity index (χ1n) is 6.95. The van der Waals surface area contributed by atoms with Gasteiger partial charge in [0.05, 0.1) is 0 Å². The van der Waals surface area contributed by atoms with Crippen molar-refractivity contribution in [2.45, 2.75) is 30.0 Å². The normalized spacial score (nSPS) is 25.4. The van der Waals surface area contributed by atoms with Crippen LogP contribution in [0.2, 0.25) is 0 Å². The smallest absolute Gasteiger partial charge is 0.256 e. The molecular weight excluding hydrogens is 284 g/mol. The molecular formula is C16H18N2O2S. The van der Waals surface area contributed by atoms with E-state index in [9.17, 15) is 9.59 Å². The highest BCUT2D eigenvalue weighted by molar-refractivity contribution is 8.01. The Bertz CT molecular complexity index is 626. The second kappa shape index (κ2) is 4.91. The van der Waals surface area contributed by atoms with Crippen molar-refractivity contribution in [3.63, 3.8) is 0 Å². The Morgan fingerprint density at radius 2 is 2.19 bits per heavy atom. The van der Waals surface area contributed by atoms with Gasteiger partial charge in [-0.3, -0.25) is 9.59 Å². The molecule has 1 fully saturated rings. The van der Waals surface area contributed by atoms with Crippen LogP contribution in [-0.2, 0) is 4.79 Å². The summed E-state index contributed by atoms with van der Waals surface area (Å²) in [6, 6.07) is 7.15. The first kappa shape index (κ1) is 14.2. The molecule has 110 valence electrons. The van der Waals surface area contributed by atoms with Crippen molar-refractivity contribution in [1.82, 2.24) is 10.2 Å². The number of hydrogen-bond acceptors (Lipinski definition) is 3. The minimum Gasteiger partial charge on any atom is -0.351 e. The fourth-order valence-electron chi connectivity index (χ4n) is 3.07. The Morgan fingerprint density at radius 3 is 2.90 bits per heavy atom. The van der Waals surface area contributed by atoms with Gasteiger partial charge < -0.3 is 10.2 Å². The maximum atomic E-state index is 12.7. The van der Waals surface area contributed by atoms with Gasteiger partial charge in [0.25, 0.3) is 5.91 Å². The number of carbonyl (C=O) groups is 2. The summed E-state index contributed by atoms with van der Waals surface area (Å²) in [5.74, 6) is -0.163. The number of thioether (sulfide) groups is 1. The van der Waals surface area contributed by atoms with Gasteiger partial charge in [-0.2, -0.15) is 0 Å². The Hall–Kier alpha value is -1.75. The first-order valence-corrected chi connectivity index (χ1v) is 7.83. The predicted octanol–water partition coefficient (Wildman–Crippen LogP) is 2.34. The number of nitrogens with one attached hydrogen (secondary N) is 1. The largest absolute Gasteiger partial charge is 0.351 e. The van der Waals surface area contributed by atoms with E-state index in [1.807, 2.05) is 38.1 Å². The minimum atomic E-state index is -0.465. The van der Waals surface area contributed by atoms with Crippen molar-refractivity contribution in [1.29, 1.82) is 0 Å². The summed E-state index contributed by atoms with van der Waals surface area (Å²) in [5, 5.41) is 2.76. The van der Waals surface area contributed by atoms with Crippen LogP contribution in [-0.4, -0.2) is 34.0 Å². The van der Waals surface area contributed by atoms with E-state index in [-0.39, 0.29) is 21.9 Å². The standard InChI is InChI=1S/C16H18N2O2S/c1-4-9-17-13(19)12-16(2,3)21-15-11-8-6-5-7-10(11)14(20)18(12)15/h4-8,12,15H,1,9H2,2-3H3,(H,17,19)/t12-,15?/m1/s1. The predicted molar refractivity (Wildman–Crippen MR) is 84.0 cm³/mol. The van der Waals surface area contributed by atoms with Gasteiger partial charge in [0.1, 0.15) is 11.4 Å². The first-order chi connectivity index (χ1) is 9.97. The number of rotatable bonds is 3. The Morgan fingerprint density at radius 1 is 1.48 bits per heavy atom. The molecule has 2 amide bonds. The molecule has 0 aromatic heterocycles. The zero-order valence-electron chi connectivity index (χ0n) is 12.1. The summed E-state index contributed by atoms with van der Waals surface area (Å²) in [5.41, 5.74) is 1.73. The summed E-state index contributed by atoms with van der Waals surface area (Å²) in [4.78, 5) is 26.9. The van der Waals surface area contributed by atoms with Crippen molar-refractivity contribution in [3.8, 4) is 0 Å². The molecule has 0 saturated carbocycles. The molecule has 21 heavy (non-hydrogen) atoms. The fraction of sp³-hybridized carbons (Fsp3) is 0.375. The molecule has 1 aromatic carbocycles. The van der Waals surface area contributed by atoms with Crippen LogP contribution < -0.4 is 5.32 Å². The van der Waals surface area contributed by atoms with Crippen LogP contribution in [0.1, 0.15) is 35.1 Å². The molecule has 1 unspecified atom stereocenters. The second-order valence-electron chi connectivity index (χ2n) is 5.81. The van der Waals surface area contributed by atoms with Crippen molar-refractivity contribution in [2.75, 3.05) is 6.54 Å². The lowest BCUT2D eigenvalue weighted by Crippen LogP contribution is -2.52. The van der Waals surface area contributed by atoms with Gasteiger partial charge in [-0.1, -0.05) is 24.3 Å². The van der Waals surface area contributed by atoms with Crippen LogP contribution >= 0.6 is 11.8 Å². The lowest BCUT2D eigenvalue weighted by molar-refractivity contribution is -0.125. The Balaban J connectivity index is 1.98. The van der Waals surface area contributed by atoms with E-state index in [1.165, 1.54) is 0 Å². The highest BCUT2D eigenvalue weighted by Gasteiger charge is 2.57. The molecule has 0 aliphatic carbocycles. The summed E-state index contributed by atoms with van der Waals surface area (Å²) in [6.07, 6.45) is 1.64. The fourth-order valence-corrected chi connectivity index (χ4v) is 4.66. The molecule has 0 bridgehead atoms. The minimum absolute atomic E-state index is 0.0487. The van der Waals surface area contributed by atoms with Gasteiger partial charge in [0.15, 0.2) is 0 Å². The molecule has 2 aliphatic heterocycles. The van der Waals surface area contributed by atoms with Gasteiger partial charge in [0.2, 0.25) is 5.91 Å². The Labute approximate surface area is 128 Å². The highest BCUT2D eigenvalue weighted by atomic mass is 32.2. The molecule has 1 aromatic rings. The third-order valence-corrected chi connectivity index (χ3v) is 5.50. The van der Waals surface area contributed by atoms with Crippen LogP contribution in [0.4, 0.5) is 0 Å². The van der Waals surface area contributed by atoms with E-state index < -0.39 is 6.04 Å². The molecule has 3 rings (SSSR count). The van der Waals surface area contributed by atoms with Crippen LogP contribution in [0, 0.1) is 0 Å². The molecule has 0 radical (unpaired) electrons. The third-order valence-electron chi connectivity index (χ3n) is 3.97. The molecule has 4 nitrogen and oxygen atoms in total. The van der Waals surface area contributed by atoms with Gasteiger partial charge >= 0.3 is 0 Å². The van der Waals surface area contributed by atoms with E-state index in [0.29, 0.717) is 12.1 Å². The number of amides is 2. The lowest BCUT2D eigenvalue weighted by atomic mass is 10.0. The van der Waals surface area contributed by atoms with Crippen LogP contribution in [0.3, 0.4) is 0 Å². The number of benzene rings is 1. The monoisotopic (exact) mass is 302 g/mol. The lowest BCUT2D eigenvalue weighted by Gasteiger charge is -2.29. The number of carbonyl (C=O) groups excluding carboxylic acids is 2. The van der Waals surface area contributed by atoms with Crippen LogP contribution in [0.25, 0.3) is 0 Å². The molecule has 2 heterocycles. The SMILES string of the molecule is C=CCNC(=O)[C@H]1N2C(=O)c3ccccc3C2SC1(C)C. The summed E-state index contributed by atoms with van der Waals surface area (Å²) in [6.45, 7) is 8.06. The maximum absolute atomic E-state index is 12.7. The molecule has 5 heteroatoms. The van der Waals surface area contributed by atoms with Crippen LogP contribution in [0.5, 0.6) is 0 Å². The van der Waals surface area contributed by atoms with Crippen molar-refractivity contribution < 1.29 is 9.59 Å². The number of hydrogen-bond donors (Lipinski definition) is 1. The highest BCUT2D eigenvalue weighted by Crippen LogP contribution is 2.56. The van der Waals surface area contributed by atoms with E-state index in [4.69, 9.17) is 0 Å². The zero-order valence-corrected chi connectivity index (χ0v) is 12.9. The molecule has 2 atom stereocenters. The third kappa shape index (κ3) is 2.07. The summed E-state index contributed by atoms with van der Waals surface area (Å²) < 4.78 is -0.320. The van der Waals surface area contributed by atoms with E-state index in [2.05, 4.69) is 11.9 Å². The topological polar surface area (TPSA) is 49.4 Å².